The molecule has 1 aromatic carbocycles. The van der Waals surface area contributed by atoms with Crippen molar-refractivity contribution in [3.05, 3.63) is 34.6 Å². The predicted octanol–water partition coefficient (Wildman–Crippen LogP) is 0.888. The molecule has 0 fully saturated rings. The lowest BCUT2D eigenvalue weighted by atomic mass is 10.2. The molecule has 0 bridgehead atoms. The molecule has 0 aliphatic heterocycles. The Morgan fingerprint density at radius 2 is 2.11 bits per heavy atom. The number of benzene rings is 1. The van der Waals surface area contributed by atoms with Gasteiger partial charge in [-0.05, 0) is 18.6 Å². The highest BCUT2D eigenvalue weighted by Crippen LogP contribution is 2.17. The molecule has 8 heteroatoms. The summed E-state index contributed by atoms with van der Waals surface area (Å²) >= 11 is 5.53. The number of nitrogens with two attached hydrogens (primary N) is 1. The number of sulfonamides is 1. The summed E-state index contributed by atoms with van der Waals surface area (Å²) in [6, 6.07) is 4.07. The molecule has 0 unspecified atom stereocenters. The highest BCUT2D eigenvalue weighted by molar-refractivity contribution is 7.89. The van der Waals surface area contributed by atoms with Gasteiger partial charge in [0.05, 0.1) is 16.3 Å². The zero-order chi connectivity index (χ0) is 13.8. The van der Waals surface area contributed by atoms with E-state index >= 15 is 0 Å². The minimum Gasteiger partial charge on any atom is -0.352 e. The minimum absolute atomic E-state index is 0.0845. The van der Waals surface area contributed by atoms with Gasteiger partial charge in [0.1, 0.15) is 0 Å². The zero-order valence-corrected chi connectivity index (χ0v) is 10.9. The maximum Gasteiger partial charge on any atom is 0.254 e. The van der Waals surface area contributed by atoms with Gasteiger partial charge in [0.25, 0.3) is 5.91 Å². The van der Waals surface area contributed by atoms with Gasteiger partial charge in [-0.15, -0.1) is 0 Å². The molecule has 0 atom stereocenters. The molecule has 0 radical (unpaired) electrons. The predicted molar refractivity (Wildman–Crippen MR) is 66.3 cm³/mol. The lowest BCUT2D eigenvalue weighted by Crippen LogP contribution is -2.28. The first-order chi connectivity index (χ1) is 8.31. The van der Waals surface area contributed by atoms with Gasteiger partial charge < -0.3 is 5.32 Å². The van der Waals surface area contributed by atoms with Crippen molar-refractivity contribution in [3.8, 4) is 0 Å². The number of amides is 1. The van der Waals surface area contributed by atoms with Crippen LogP contribution in [0.1, 0.15) is 16.8 Å². The minimum atomic E-state index is -3.55. The van der Waals surface area contributed by atoms with Crippen molar-refractivity contribution in [3.63, 3.8) is 0 Å². The SMILES string of the molecule is NS(=O)(=O)CCCNC(=O)c1cccc(Cl)c1F. The van der Waals surface area contributed by atoms with Crippen molar-refractivity contribution in [2.75, 3.05) is 12.3 Å². The van der Waals surface area contributed by atoms with Crippen molar-refractivity contribution in [1.82, 2.24) is 5.32 Å². The van der Waals surface area contributed by atoms with Gasteiger partial charge in [-0.2, -0.15) is 0 Å². The first-order valence-electron chi connectivity index (χ1n) is 5.04. The molecule has 1 aromatic rings. The Balaban J connectivity index is 2.54. The average Bonchev–Trinajstić information content (AvgIpc) is 2.26. The van der Waals surface area contributed by atoms with Crippen LogP contribution < -0.4 is 10.5 Å². The van der Waals surface area contributed by atoms with Gasteiger partial charge in [0.15, 0.2) is 5.82 Å². The lowest BCUT2D eigenvalue weighted by Gasteiger charge is -2.06. The molecule has 5 nitrogen and oxygen atoms in total. The van der Waals surface area contributed by atoms with E-state index < -0.39 is 21.7 Å². The molecule has 1 rings (SSSR count). The maximum absolute atomic E-state index is 13.4. The number of halogens is 2. The molecule has 0 aliphatic rings. The van der Waals surface area contributed by atoms with Crippen LogP contribution in [0, 0.1) is 5.82 Å². The quantitative estimate of drug-likeness (QED) is 0.790. The Hall–Kier alpha value is -1.18. The van der Waals surface area contributed by atoms with Crippen LogP contribution in [0.5, 0.6) is 0 Å². The number of primary sulfonamides is 1. The van der Waals surface area contributed by atoms with E-state index in [-0.39, 0.29) is 29.3 Å². The largest absolute Gasteiger partial charge is 0.352 e. The smallest absolute Gasteiger partial charge is 0.254 e. The van der Waals surface area contributed by atoms with E-state index in [0.717, 1.165) is 0 Å². The summed E-state index contributed by atoms with van der Waals surface area (Å²) in [5, 5.41) is 7.03. The number of rotatable bonds is 5. The van der Waals surface area contributed by atoms with Crippen molar-refractivity contribution in [2.24, 2.45) is 5.14 Å². The molecular weight excluding hydrogens is 283 g/mol. The Morgan fingerprint density at radius 3 is 2.72 bits per heavy atom. The van der Waals surface area contributed by atoms with E-state index in [1.54, 1.807) is 0 Å². The van der Waals surface area contributed by atoms with E-state index in [2.05, 4.69) is 5.32 Å². The highest BCUT2D eigenvalue weighted by Gasteiger charge is 2.13. The van der Waals surface area contributed by atoms with Gasteiger partial charge >= 0.3 is 0 Å². The normalized spacial score (nSPS) is 11.3. The van der Waals surface area contributed by atoms with Crippen LogP contribution in [-0.2, 0) is 10.0 Å². The fourth-order valence-corrected chi connectivity index (χ4v) is 1.97. The maximum atomic E-state index is 13.4. The number of carbonyl (C=O) groups excluding carboxylic acids is 1. The van der Waals surface area contributed by atoms with Gasteiger partial charge in [-0.3, -0.25) is 4.79 Å². The second-order valence-electron chi connectivity index (χ2n) is 3.58. The number of nitrogens with one attached hydrogen (secondary N) is 1. The lowest BCUT2D eigenvalue weighted by molar-refractivity contribution is 0.0949. The third-order valence-electron chi connectivity index (χ3n) is 2.09. The summed E-state index contributed by atoms with van der Waals surface area (Å²) in [6.45, 7) is 0.0845. The monoisotopic (exact) mass is 294 g/mol. The summed E-state index contributed by atoms with van der Waals surface area (Å²) in [6.07, 6.45) is 0.159. The molecule has 0 spiro atoms. The van der Waals surface area contributed by atoms with Crippen LogP contribution >= 0.6 is 11.6 Å². The number of carbonyl (C=O) groups is 1. The molecule has 0 saturated heterocycles. The third kappa shape index (κ3) is 4.59. The van der Waals surface area contributed by atoms with E-state index in [1.165, 1.54) is 18.2 Å². The summed E-state index contributed by atoms with van der Waals surface area (Å²) in [5.74, 6) is -1.70. The summed E-state index contributed by atoms with van der Waals surface area (Å²) in [4.78, 5) is 11.6. The summed E-state index contributed by atoms with van der Waals surface area (Å²) < 4.78 is 34.7. The van der Waals surface area contributed by atoms with Gasteiger partial charge in [-0.1, -0.05) is 17.7 Å². The fraction of sp³-hybridized carbons (Fsp3) is 0.300. The van der Waals surface area contributed by atoms with Crippen molar-refractivity contribution in [2.45, 2.75) is 6.42 Å². The first-order valence-corrected chi connectivity index (χ1v) is 7.13. The summed E-state index contributed by atoms with van der Waals surface area (Å²) in [5.41, 5.74) is -0.182. The molecule has 0 aliphatic carbocycles. The molecule has 0 heterocycles. The van der Waals surface area contributed by atoms with E-state index in [0.29, 0.717) is 0 Å². The van der Waals surface area contributed by atoms with E-state index in [9.17, 15) is 17.6 Å². The molecule has 3 N–H and O–H groups in total. The third-order valence-corrected chi connectivity index (χ3v) is 3.24. The van der Waals surface area contributed by atoms with Gasteiger partial charge in [0, 0.05) is 6.54 Å². The van der Waals surface area contributed by atoms with Crippen LogP contribution in [0.25, 0.3) is 0 Å². The van der Waals surface area contributed by atoms with E-state index in [1.807, 2.05) is 0 Å². The van der Waals surface area contributed by atoms with E-state index in [4.69, 9.17) is 16.7 Å². The Morgan fingerprint density at radius 1 is 1.44 bits per heavy atom. The van der Waals surface area contributed by atoms with Crippen LogP contribution in [0.15, 0.2) is 18.2 Å². The molecule has 18 heavy (non-hydrogen) atoms. The standard InChI is InChI=1S/C10H12ClFN2O3S/c11-8-4-1-3-7(9(8)12)10(15)14-5-2-6-18(13,16)17/h1,3-4H,2,5-6H2,(H,14,15)(H2,13,16,17). The van der Waals surface area contributed by atoms with Crippen LogP contribution in [0.2, 0.25) is 5.02 Å². The van der Waals surface area contributed by atoms with Crippen LogP contribution in [-0.4, -0.2) is 26.6 Å². The molecule has 100 valence electrons. The van der Waals surface area contributed by atoms with Crippen molar-refractivity contribution in [1.29, 1.82) is 0 Å². The Labute approximate surface area is 109 Å². The van der Waals surface area contributed by atoms with Crippen LogP contribution in [0.3, 0.4) is 0 Å². The van der Waals surface area contributed by atoms with Crippen molar-refractivity contribution >= 4 is 27.5 Å². The second kappa shape index (κ2) is 6.12. The fourth-order valence-electron chi connectivity index (χ4n) is 1.25. The topological polar surface area (TPSA) is 89.3 Å². The molecule has 0 aromatic heterocycles. The van der Waals surface area contributed by atoms with Gasteiger partial charge in [-0.25, -0.2) is 17.9 Å². The molecule has 0 saturated carbocycles. The second-order valence-corrected chi connectivity index (χ2v) is 5.72. The number of hydrogen-bond donors (Lipinski definition) is 2. The molecular formula is C10H12ClFN2O3S. The Bertz CT molecular complexity index is 548. The average molecular weight is 295 g/mol. The first kappa shape index (κ1) is 14.9. The highest BCUT2D eigenvalue weighted by atomic mass is 35.5. The zero-order valence-electron chi connectivity index (χ0n) is 9.32. The number of hydrogen-bond acceptors (Lipinski definition) is 3. The van der Waals surface area contributed by atoms with Crippen molar-refractivity contribution < 1.29 is 17.6 Å². The summed E-state index contributed by atoms with van der Waals surface area (Å²) in [7, 11) is -3.55. The van der Waals surface area contributed by atoms with Gasteiger partial charge in [0.2, 0.25) is 10.0 Å². The Kier molecular flexibility index (Phi) is 5.06. The van der Waals surface area contributed by atoms with Crippen LogP contribution in [0.4, 0.5) is 4.39 Å². The molecule has 1 amide bonds.